The number of benzene rings is 2. The minimum absolute atomic E-state index is 0.130. The molecule has 0 saturated carbocycles. The van der Waals surface area contributed by atoms with Crippen LogP contribution in [0.1, 0.15) is 21.5 Å². The maximum absolute atomic E-state index is 11.8. The molecule has 0 heterocycles. The average Bonchev–Trinajstić information content (AvgIpc) is 2.41. The molecular formula is C15H13BrN2O2. The van der Waals surface area contributed by atoms with Crippen LogP contribution in [0.2, 0.25) is 0 Å². The monoisotopic (exact) mass is 332 g/mol. The Morgan fingerprint density at radius 1 is 1.30 bits per heavy atom. The van der Waals surface area contributed by atoms with Gasteiger partial charge in [-0.15, -0.1) is 0 Å². The molecule has 0 aliphatic carbocycles. The maximum Gasteiger partial charge on any atom is 0.271 e. The van der Waals surface area contributed by atoms with E-state index >= 15 is 0 Å². The van der Waals surface area contributed by atoms with Gasteiger partial charge in [0.15, 0.2) is 0 Å². The SMILES string of the molecule is Cc1ccc(/C=N\NC(=O)c2cccc(Br)c2)c(O)c1. The minimum atomic E-state index is -0.311. The fourth-order valence-corrected chi connectivity index (χ4v) is 2.02. The number of nitrogens with zero attached hydrogens (tertiary/aromatic N) is 1. The van der Waals surface area contributed by atoms with Crippen LogP contribution in [0.3, 0.4) is 0 Å². The highest BCUT2D eigenvalue weighted by molar-refractivity contribution is 9.10. The molecule has 0 fully saturated rings. The lowest BCUT2D eigenvalue weighted by Crippen LogP contribution is -2.17. The highest BCUT2D eigenvalue weighted by Crippen LogP contribution is 2.16. The number of aryl methyl sites for hydroxylation is 1. The topological polar surface area (TPSA) is 61.7 Å². The number of phenolic OH excluding ortho intramolecular Hbond substituents is 1. The summed E-state index contributed by atoms with van der Waals surface area (Å²) in [5.74, 6) is -0.181. The Morgan fingerprint density at radius 2 is 2.10 bits per heavy atom. The van der Waals surface area contributed by atoms with Crippen LogP contribution in [0, 0.1) is 6.92 Å². The zero-order valence-electron chi connectivity index (χ0n) is 10.8. The smallest absolute Gasteiger partial charge is 0.271 e. The molecular weight excluding hydrogens is 320 g/mol. The van der Waals surface area contributed by atoms with Crippen molar-refractivity contribution < 1.29 is 9.90 Å². The number of halogens is 1. The van der Waals surface area contributed by atoms with E-state index in [4.69, 9.17) is 0 Å². The van der Waals surface area contributed by atoms with Gasteiger partial charge in [0, 0.05) is 15.6 Å². The van der Waals surface area contributed by atoms with E-state index < -0.39 is 0 Å². The van der Waals surface area contributed by atoms with Crippen LogP contribution in [0.5, 0.6) is 5.75 Å². The first kappa shape index (κ1) is 14.3. The lowest BCUT2D eigenvalue weighted by molar-refractivity contribution is 0.0955. The maximum atomic E-state index is 11.8. The molecule has 1 amide bonds. The second-order valence-electron chi connectivity index (χ2n) is 4.27. The summed E-state index contributed by atoms with van der Waals surface area (Å²) in [5.41, 5.74) is 4.42. The van der Waals surface area contributed by atoms with Crippen molar-refractivity contribution in [1.29, 1.82) is 0 Å². The Kier molecular flexibility index (Phi) is 4.53. The van der Waals surface area contributed by atoms with E-state index in [1.807, 2.05) is 19.1 Å². The highest BCUT2D eigenvalue weighted by Gasteiger charge is 2.04. The fourth-order valence-electron chi connectivity index (χ4n) is 1.62. The molecule has 0 radical (unpaired) electrons. The van der Waals surface area contributed by atoms with Crippen LogP contribution in [0.25, 0.3) is 0 Å². The van der Waals surface area contributed by atoms with Crippen LogP contribution in [-0.2, 0) is 0 Å². The standard InChI is InChI=1S/C15H13BrN2O2/c1-10-5-6-12(14(19)7-10)9-17-18-15(20)11-3-2-4-13(16)8-11/h2-9,19H,1H3,(H,18,20)/b17-9-. The Hall–Kier alpha value is -2.14. The van der Waals surface area contributed by atoms with Gasteiger partial charge in [-0.25, -0.2) is 5.43 Å². The van der Waals surface area contributed by atoms with Crippen molar-refractivity contribution in [2.75, 3.05) is 0 Å². The van der Waals surface area contributed by atoms with Gasteiger partial charge in [-0.05, 0) is 42.8 Å². The Bertz CT molecular complexity index is 669. The van der Waals surface area contributed by atoms with E-state index in [0.29, 0.717) is 11.1 Å². The molecule has 0 spiro atoms. The highest BCUT2D eigenvalue weighted by atomic mass is 79.9. The third-order valence-corrected chi connectivity index (χ3v) is 3.14. The van der Waals surface area contributed by atoms with Crippen molar-refractivity contribution >= 4 is 28.1 Å². The number of nitrogens with one attached hydrogen (secondary N) is 1. The number of carbonyl (C=O) groups is 1. The Balaban J connectivity index is 2.04. The Morgan fingerprint density at radius 3 is 2.80 bits per heavy atom. The number of amides is 1. The quantitative estimate of drug-likeness (QED) is 0.669. The first-order valence-electron chi connectivity index (χ1n) is 5.95. The molecule has 2 aromatic carbocycles. The predicted molar refractivity (Wildman–Crippen MR) is 82.0 cm³/mol. The van der Waals surface area contributed by atoms with Crippen molar-refractivity contribution in [3.8, 4) is 5.75 Å². The van der Waals surface area contributed by atoms with E-state index in [1.165, 1.54) is 6.21 Å². The summed E-state index contributed by atoms with van der Waals surface area (Å²) in [7, 11) is 0. The molecule has 20 heavy (non-hydrogen) atoms. The fraction of sp³-hybridized carbons (Fsp3) is 0.0667. The second kappa shape index (κ2) is 6.34. The minimum Gasteiger partial charge on any atom is -0.507 e. The number of aromatic hydroxyl groups is 1. The molecule has 2 rings (SSSR count). The van der Waals surface area contributed by atoms with Crippen molar-refractivity contribution in [2.24, 2.45) is 5.10 Å². The molecule has 102 valence electrons. The van der Waals surface area contributed by atoms with Gasteiger partial charge in [0.1, 0.15) is 5.75 Å². The molecule has 2 aromatic rings. The van der Waals surface area contributed by atoms with Crippen LogP contribution in [0.15, 0.2) is 52.0 Å². The summed E-state index contributed by atoms with van der Waals surface area (Å²) in [6, 6.07) is 12.2. The van der Waals surface area contributed by atoms with Crippen LogP contribution < -0.4 is 5.43 Å². The molecule has 0 atom stereocenters. The predicted octanol–water partition coefficient (Wildman–Crippen LogP) is 3.23. The molecule has 0 unspecified atom stereocenters. The van der Waals surface area contributed by atoms with E-state index in [9.17, 15) is 9.90 Å². The van der Waals surface area contributed by atoms with Crippen molar-refractivity contribution in [1.82, 2.24) is 5.43 Å². The normalized spacial score (nSPS) is 10.7. The lowest BCUT2D eigenvalue weighted by atomic mass is 10.1. The van der Waals surface area contributed by atoms with E-state index in [2.05, 4.69) is 26.5 Å². The Labute approximate surface area is 125 Å². The van der Waals surface area contributed by atoms with Gasteiger partial charge in [0.2, 0.25) is 0 Å². The van der Waals surface area contributed by atoms with Gasteiger partial charge < -0.3 is 5.11 Å². The van der Waals surface area contributed by atoms with Gasteiger partial charge in [-0.2, -0.15) is 5.10 Å². The van der Waals surface area contributed by atoms with Gasteiger partial charge in [-0.1, -0.05) is 28.1 Å². The second-order valence-corrected chi connectivity index (χ2v) is 5.19. The van der Waals surface area contributed by atoms with Crippen molar-refractivity contribution in [3.63, 3.8) is 0 Å². The number of hydrazone groups is 1. The number of rotatable bonds is 3. The summed E-state index contributed by atoms with van der Waals surface area (Å²) in [5, 5.41) is 13.5. The third kappa shape index (κ3) is 3.68. The van der Waals surface area contributed by atoms with Gasteiger partial charge in [0.05, 0.1) is 6.21 Å². The average molecular weight is 333 g/mol. The third-order valence-electron chi connectivity index (χ3n) is 2.64. The number of carbonyl (C=O) groups excluding carboxylic acids is 1. The summed E-state index contributed by atoms with van der Waals surface area (Å²) < 4.78 is 0.824. The van der Waals surface area contributed by atoms with Crippen LogP contribution in [-0.4, -0.2) is 17.2 Å². The lowest BCUT2D eigenvalue weighted by Gasteiger charge is -2.01. The molecule has 0 aliphatic rings. The van der Waals surface area contributed by atoms with Crippen molar-refractivity contribution in [2.45, 2.75) is 6.92 Å². The van der Waals surface area contributed by atoms with E-state index in [-0.39, 0.29) is 11.7 Å². The molecule has 0 bridgehead atoms. The summed E-state index contributed by atoms with van der Waals surface area (Å²) in [4.78, 5) is 11.8. The molecule has 0 aromatic heterocycles. The first-order chi connectivity index (χ1) is 9.56. The van der Waals surface area contributed by atoms with E-state index in [0.717, 1.165) is 10.0 Å². The number of hydrogen-bond acceptors (Lipinski definition) is 3. The number of hydrogen-bond donors (Lipinski definition) is 2. The molecule has 4 nitrogen and oxygen atoms in total. The van der Waals surface area contributed by atoms with Gasteiger partial charge in [0.25, 0.3) is 5.91 Å². The molecule has 5 heteroatoms. The van der Waals surface area contributed by atoms with Crippen LogP contribution in [0.4, 0.5) is 0 Å². The van der Waals surface area contributed by atoms with Gasteiger partial charge >= 0.3 is 0 Å². The van der Waals surface area contributed by atoms with E-state index in [1.54, 1.807) is 30.3 Å². The summed E-state index contributed by atoms with van der Waals surface area (Å²) in [6.07, 6.45) is 1.41. The summed E-state index contributed by atoms with van der Waals surface area (Å²) in [6.45, 7) is 1.88. The van der Waals surface area contributed by atoms with Crippen LogP contribution >= 0.6 is 15.9 Å². The molecule has 0 aliphatic heterocycles. The first-order valence-corrected chi connectivity index (χ1v) is 6.74. The molecule has 2 N–H and O–H groups in total. The summed E-state index contributed by atoms with van der Waals surface area (Å²) >= 11 is 3.30. The zero-order chi connectivity index (χ0) is 14.5. The van der Waals surface area contributed by atoms with Gasteiger partial charge in [-0.3, -0.25) is 4.79 Å². The van der Waals surface area contributed by atoms with Crippen molar-refractivity contribution in [3.05, 3.63) is 63.6 Å². The zero-order valence-corrected chi connectivity index (χ0v) is 12.4. The number of phenols is 1. The molecule has 0 saturated heterocycles. The largest absolute Gasteiger partial charge is 0.507 e.